The minimum atomic E-state index is -3.53. The van der Waals surface area contributed by atoms with Gasteiger partial charge in [-0.05, 0) is 40.2 Å². The number of benzene rings is 1. The van der Waals surface area contributed by atoms with Gasteiger partial charge in [-0.1, -0.05) is 25.1 Å². The maximum atomic E-state index is 14.3. The molecule has 0 fully saturated rings. The first kappa shape index (κ1) is 29.5. The number of nitrogens with two attached hydrogens (primary N) is 1. The van der Waals surface area contributed by atoms with Crippen molar-refractivity contribution >= 4 is 30.4 Å². The number of carbonyl (C=O) groups is 1. The van der Waals surface area contributed by atoms with Crippen molar-refractivity contribution in [2.45, 2.75) is 65.3 Å². The van der Waals surface area contributed by atoms with Gasteiger partial charge in [0, 0.05) is 11.6 Å². The molecule has 2 heterocycles. The van der Waals surface area contributed by atoms with E-state index < -0.39 is 19.0 Å². The number of aromatic nitrogens is 4. The summed E-state index contributed by atoms with van der Waals surface area (Å²) in [4.78, 5) is 25.2. The van der Waals surface area contributed by atoms with Gasteiger partial charge in [-0.15, -0.1) is 0 Å². The fourth-order valence-electron chi connectivity index (χ4n) is 3.97. The van der Waals surface area contributed by atoms with Crippen LogP contribution in [-0.4, -0.2) is 57.2 Å². The van der Waals surface area contributed by atoms with Gasteiger partial charge in [-0.3, -0.25) is 9.36 Å². The third kappa shape index (κ3) is 7.28. The highest BCUT2D eigenvalue weighted by Gasteiger charge is 2.38. The molecule has 13 heteroatoms. The standard InChI is InChI=1S/C25H38N7O5P/c1-7-12-36-24(33)25(4,5)31-38(34,30-18(3)19-10-8-9-11-20(19)35-6)16-37-17(2)13-32-15-29-21-22(26)27-14-28-23(21)32/h8-11,14-15,17-18H,7,12-13,16H2,1-6H3,(H2,26,27,28)(H2,30,31,34)/t17?,18-,38?/m1/s1. The predicted molar refractivity (Wildman–Crippen MR) is 146 cm³/mol. The Balaban J connectivity index is 1.79. The van der Waals surface area contributed by atoms with Gasteiger partial charge in [0.2, 0.25) is 7.44 Å². The molecule has 0 spiro atoms. The number of carbonyl (C=O) groups excluding carboxylic acids is 1. The van der Waals surface area contributed by atoms with Gasteiger partial charge in [-0.2, -0.15) is 0 Å². The number of fused-ring (bicyclic) bond motifs is 1. The van der Waals surface area contributed by atoms with Crippen LogP contribution >= 0.6 is 7.44 Å². The number of nitrogens with zero attached hydrogens (tertiary/aromatic N) is 4. The quantitative estimate of drug-likeness (QED) is 0.200. The molecule has 0 aliphatic carbocycles. The summed E-state index contributed by atoms with van der Waals surface area (Å²) in [5, 5.41) is 6.19. The average molecular weight is 548 g/mol. The number of nitrogen functional groups attached to an aromatic ring is 1. The summed E-state index contributed by atoms with van der Waals surface area (Å²) < 4.78 is 33.0. The van der Waals surface area contributed by atoms with E-state index >= 15 is 0 Å². The van der Waals surface area contributed by atoms with E-state index in [4.69, 9.17) is 19.9 Å². The zero-order valence-corrected chi connectivity index (χ0v) is 23.7. The number of ether oxygens (including phenoxy) is 3. The van der Waals surface area contributed by atoms with Crippen LogP contribution in [0.25, 0.3) is 11.2 Å². The lowest BCUT2D eigenvalue weighted by Gasteiger charge is -2.33. The van der Waals surface area contributed by atoms with Gasteiger partial charge < -0.3 is 24.5 Å². The van der Waals surface area contributed by atoms with E-state index in [1.807, 2.05) is 45.0 Å². The van der Waals surface area contributed by atoms with Crippen LogP contribution in [-0.2, 0) is 25.4 Å². The topological polar surface area (TPSA) is 156 Å². The number of methoxy groups -OCH3 is 1. The van der Waals surface area contributed by atoms with E-state index in [1.54, 1.807) is 31.9 Å². The van der Waals surface area contributed by atoms with E-state index in [0.717, 1.165) is 5.56 Å². The number of imidazole rings is 1. The molecule has 0 saturated heterocycles. The maximum absolute atomic E-state index is 14.3. The van der Waals surface area contributed by atoms with Crippen molar-refractivity contribution in [3.05, 3.63) is 42.5 Å². The monoisotopic (exact) mass is 547 g/mol. The molecule has 208 valence electrons. The molecule has 0 amide bonds. The van der Waals surface area contributed by atoms with Crippen molar-refractivity contribution in [3.8, 4) is 5.75 Å². The zero-order valence-electron chi connectivity index (χ0n) is 22.8. The second-order valence-electron chi connectivity index (χ2n) is 9.64. The van der Waals surface area contributed by atoms with Crippen molar-refractivity contribution in [3.63, 3.8) is 0 Å². The lowest BCUT2D eigenvalue weighted by molar-refractivity contribution is -0.149. The van der Waals surface area contributed by atoms with Crippen molar-refractivity contribution in [1.82, 2.24) is 29.7 Å². The summed E-state index contributed by atoms with van der Waals surface area (Å²) in [6.07, 6.45) is 3.10. The van der Waals surface area contributed by atoms with Gasteiger partial charge in [0.1, 0.15) is 29.5 Å². The van der Waals surface area contributed by atoms with Gasteiger partial charge >= 0.3 is 5.97 Å². The van der Waals surface area contributed by atoms with Crippen LogP contribution < -0.4 is 20.6 Å². The van der Waals surface area contributed by atoms with E-state index in [0.29, 0.717) is 35.7 Å². The normalized spacial score (nSPS) is 15.1. The highest BCUT2D eigenvalue weighted by molar-refractivity contribution is 7.59. The molecule has 3 atom stereocenters. The summed E-state index contributed by atoms with van der Waals surface area (Å²) in [6.45, 7) is 9.58. The highest BCUT2D eigenvalue weighted by atomic mass is 31.2. The Hall–Kier alpha value is -3.05. The van der Waals surface area contributed by atoms with E-state index in [9.17, 15) is 9.36 Å². The molecule has 12 nitrogen and oxygen atoms in total. The fourth-order valence-corrected chi connectivity index (χ4v) is 6.40. The van der Waals surface area contributed by atoms with Crippen LogP contribution in [0, 0.1) is 0 Å². The number of esters is 1. The van der Waals surface area contributed by atoms with E-state index in [-0.39, 0.29) is 25.1 Å². The molecule has 0 radical (unpaired) electrons. The lowest BCUT2D eigenvalue weighted by Crippen LogP contribution is -2.49. The van der Waals surface area contributed by atoms with Crippen molar-refractivity contribution < 1.29 is 23.6 Å². The molecule has 4 N–H and O–H groups in total. The Labute approximate surface area is 223 Å². The Morgan fingerprint density at radius 1 is 1.21 bits per heavy atom. The molecular weight excluding hydrogens is 509 g/mol. The molecule has 2 unspecified atom stereocenters. The molecule has 3 rings (SSSR count). The maximum Gasteiger partial charge on any atom is 0.326 e. The number of rotatable bonds is 14. The van der Waals surface area contributed by atoms with Gasteiger partial charge in [0.15, 0.2) is 11.5 Å². The minimum Gasteiger partial charge on any atom is -0.496 e. The average Bonchev–Trinajstić information content (AvgIpc) is 3.29. The largest absolute Gasteiger partial charge is 0.496 e. The lowest BCUT2D eigenvalue weighted by atomic mass is 10.1. The van der Waals surface area contributed by atoms with E-state index in [2.05, 4.69) is 25.1 Å². The molecule has 2 aromatic heterocycles. The van der Waals surface area contributed by atoms with Crippen LogP contribution in [0.4, 0.5) is 5.82 Å². The van der Waals surface area contributed by atoms with Gasteiger partial charge in [0.05, 0.1) is 32.7 Å². The van der Waals surface area contributed by atoms with Crippen LogP contribution in [0.5, 0.6) is 5.75 Å². The Morgan fingerprint density at radius 2 is 1.95 bits per heavy atom. The molecule has 0 bridgehead atoms. The van der Waals surface area contributed by atoms with E-state index in [1.165, 1.54) is 6.33 Å². The van der Waals surface area contributed by atoms with Crippen LogP contribution in [0.2, 0.25) is 0 Å². The smallest absolute Gasteiger partial charge is 0.326 e. The first-order chi connectivity index (χ1) is 18.0. The third-order valence-electron chi connectivity index (χ3n) is 5.84. The molecule has 0 aliphatic rings. The summed E-state index contributed by atoms with van der Waals surface area (Å²) >= 11 is 0. The Kier molecular flexibility index (Phi) is 9.83. The second kappa shape index (κ2) is 12.7. The Morgan fingerprint density at radius 3 is 2.66 bits per heavy atom. The second-order valence-corrected chi connectivity index (χ2v) is 11.9. The third-order valence-corrected chi connectivity index (χ3v) is 8.08. The van der Waals surface area contributed by atoms with Crippen molar-refractivity contribution in [1.29, 1.82) is 0 Å². The first-order valence-electron chi connectivity index (χ1n) is 12.5. The molecule has 38 heavy (non-hydrogen) atoms. The summed E-state index contributed by atoms with van der Waals surface area (Å²) in [5.41, 5.74) is 6.55. The van der Waals surface area contributed by atoms with Crippen molar-refractivity contribution in [2.24, 2.45) is 0 Å². The zero-order chi connectivity index (χ0) is 27.9. The molecule has 0 aliphatic heterocycles. The predicted octanol–water partition coefficient (Wildman–Crippen LogP) is 3.65. The van der Waals surface area contributed by atoms with Crippen molar-refractivity contribution in [2.75, 3.05) is 25.8 Å². The van der Waals surface area contributed by atoms with Gasteiger partial charge in [-0.25, -0.2) is 25.1 Å². The highest BCUT2D eigenvalue weighted by Crippen LogP contribution is 2.43. The van der Waals surface area contributed by atoms with Gasteiger partial charge in [0.25, 0.3) is 0 Å². The number of anilines is 1. The fraction of sp³-hybridized carbons (Fsp3) is 0.520. The molecular formula is C25H38N7O5P. The molecule has 3 aromatic rings. The van der Waals surface area contributed by atoms with Crippen LogP contribution in [0.15, 0.2) is 36.9 Å². The number of hydrogen-bond donors (Lipinski definition) is 3. The molecule has 1 aromatic carbocycles. The summed E-state index contributed by atoms with van der Waals surface area (Å²) in [5.74, 6) is 0.451. The summed E-state index contributed by atoms with van der Waals surface area (Å²) in [6, 6.07) is 7.08. The number of para-hydroxylation sites is 1. The summed E-state index contributed by atoms with van der Waals surface area (Å²) in [7, 11) is -1.95. The van der Waals surface area contributed by atoms with Crippen LogP contribution in [0.3, 0.4) is 0 Å². The number of hydrogen-bond acceptors (Lipinski definition) is 9. The molecule has 0 saturated carbocycles. The minimum absolute atomic E-state index is 0.193. The Bertz CT molecular complexity index is 1280. The SMILES string of the molecule is CCCOC(=O)C(C)(C)NP(=O)(COC(C)Cn1cnc2c(N)ncnc21)N[C@H](C)c1ccccc1OC. The van der Waals surface area contributed by atoms with Crippen LogP contribution in [0.1, 0.15) is 52.6 Å². The first-order valence-corrected chi connectivity index (χ1v) is 14.4. The number of nitrogens with one attached hydrogen (secondary N) is 2.